The van der Waals surface area contributed by atoms with Gasteiger partial charge in [0.2, 0.25) is 15.9 Å². The van der Waals surface area contributed by atoms with Crippen LogP contribution in [0.1, 0.15) is 18.9 Å². The van der Waals surface area contributed by atoms with Crippen LogP contribution >= 0.6 is 0 Å². The number of nitrogens with one attached hydrogen (secondary N) is 2. The van der Waals surface area contributed by atoms with Gasteiger partial charge in [0.05, 0.1) is 25.5 Å². The van der Waals surface area contributed by atoms with E-state index in [4.69, 9.17) is 0 Å². The summed E-state index contributed by atoms with van der Waals surface area (Å²) in [6, 6.07) is 4.97. The van der Waals surface area contributed by atoms with Crippen LogP contribution in [0.4, 0.5) is 5.69 Å². The SMILES string of the molecule is CC(=O)N1CCc2cc(S(=O)(=O)NCCC[NH+](C)C)ccc21. The first kappa shape index (κ1) is 16.9. The number of benzene rings is 1. The monoisotopic (exact) mass is 326 g/mol. The number of nitrogens with zero attached hydrogens (tertiary/aromatic N) is 1. The lowest BCUT2D eigenvalue weighted by atomic mass is 10.2. The van der Waals surface area contributed by atoms with Gasteiger partial charge in [-0.3, -0.25) is 4.79 Å². The van der Waals surface area contributed by atoms with Gasteiger partial charge in [0.25, 0.3) is 0 Å². The number of sulfonamides is 1. The fourth-order valence-electron chi connectivity index (χ4n) is 2.60. The molecule has 1 aromatic carbocycles. The summed E-state index contributed by atoms with van der Waals surface area (Å²) >= 11 is 0. The molecule has 122 valence electrons. The molecule has 2 N–H and O–H groups in total. The molecule has 0 aliphatic carbocycles. The maximum Gasteiger partial charge on any atom is 0.240 e. The van der Waals surface area contributed by atoms with Crippen molar-refractivity contribution >= 4 is 21.6 Å². The van der Waals surface area contributed by atoms with E-state index < -0.39 is 10.0 Å². The van der Waals surface area contributed by atoms with Crippen LogP contribution in [0.25, 0.3) is 0 Å². The van der Waals surface area contributed by atoms with Crippen LogP contribution in [-0.2, 0) is 21.2 Å². The van der Waals surface area contributed by atoms with Crippen molar-refractivity contribution < 1.29 is 18.1 Å². The van der Waals surface area contributed by atoms with Gasteiger partial charge in [-0.15, -0.1) is 0 Å². The van der Waals surface area contributed by atoms with E-state index in [1.165, 1.54) is 11.8 Å². The molecule has 0 saturated carbocycles. The Bertz CT molecular complexity index is 656. The number of carbonyl (C=O) groups is 1. The van der Waals surface area contributed by atoms with Gasteiger partial charge >= 0.3 is 0 Å². The van der Waals surface area contributed by atoms with E-state index in [1.54, 1.807) is 23.1 Å². The van der Waals surface area contributed by atoms with Crippen LogP contribution in [0.15, 0.2) is 23.1 Å². The molecule has 0 fully saturated rings. The van der Waals surface area contributed by atoms with Crippen LogP contribution in [0.5, 0.6) is 0 Å². The molecule has 6 nitrogen and oxygen atoms in total. The number of fused-ring (bicyclic) bond motifs is 1. The van der Waals surface area contributed by atoms with Gasteiger partial charge in [0, 0.05) is 32.1 Å². The smallest absolute Gasteiger partial charge is 0.240 e. The zero-order valence-corrected chi connectivity index (χ0v) is 14.2. The summed E-state index contributed by atoms with van der Waals surface area (Å²) in [5.74, 6) is -0.0151. The summed E-state index contributed by atoms with van der Waals surface area (Å²) in [5.41, 5.74) is 1.73. The first-order valence-electron chi connectivity index (χ1n) is 7.51. The molecule has 0 atom stereocenters. The van der Waals surface area contributed by atoms with E-state index >= 15 is 0 Å². The molecule has 22 heavy (non-hydrogen) atoms. The third-order valence-corrected chi connectivity index (χ3v) is 5.24. The highest BCUT2D eigenvalue weighted by Gasteiger charge is 2.24. The molecule has 0 aromatic heterocycles. The Morgan fingerprint density at radius 1 is 1.36 bits per heavy atom. The topological polar surface area (TPSA) is 70.9 Å². The Hall–Kier alpha value is -1.44. The average Bonchev–Trinajstić information content (AvgIpc) is 2.86. The minimum Gasteiger partial charge on any atom is -0.340 e. The van der Waals surface area contributed by atoms with Gasteiger partial charge in [0.1, 0.15) is 0 Å². The molecule has 2 rings (SSSR count). The van der Waals surface area contributed by atoms with Crippen molar-refractivity contribution in [1.29, 1.82) is 0 Å². The minimum absolute atomic E-state index is 0.0151. The lowest BCUT2D eigenvalue weighted by Gasteiger charge is -2.15. The van der Waals surface area contributed by atoms with Gasteiger partial charge < -0.3 is 9.80 Å². The van der Waals surface area contributed by atoms with Gasteiger partial charge in [-0.1, -0.05) is 0 Å². The van der Waals surface area contributed by atoms with Crippen molar-refractivity contribution in [2.75, 3.05) is 38.6 Å². The Morgan fingerprint density at radius 2 is 2.09 bits per heavy atom. The highest BCUT2D eigenvalue weighted by molar-refractivity contribution is 7.89. The second-order valence-corrected chi connectivity index (χ2v) is 7.69. The molecule has 0 spiro atoms. The van der Waals surface area contributed by atoms with Gasteiger partial charge in [-0.2, -0.15) is 0 Å². The Morgan fingerprint density at radius 3 is 2.73 bits per heavy atom. The van der Waals surface area contributed by atoms with E-state index in [0.29, 0.717) is 19.5 Å². The fourth-order valence-corrected chi connectivity index (χ4v) is 3.73. The predicted molar refractivity (Wildman–Crippen MR) is 85.7 cm³/mol. The molecule has 1 aliphatic heterocycles. The summed E-state index contributed by atoms with van der Waals surface area (Å²) < 4.78 is 27.2. The lowest BCUT2D eigenvalue weighted by Crippen LogP contribution is -3.05. The van der Waals surface area contributed by atoms with Crippen molar-refractivity contribution in [3.8, 4) is 0 Å². The number of rotatable bonds is 6. The molecular formula is C15H24N3O3S+. The maximum atomic E-state index is 12.3. The fraction of sp³-hybridized carbons (Fsp3) is 0.533. The molecule has 0 unspecified atom stereocenters. The summed E-state index contributed by atoms with van der Waals surface area (Å²) in [7, 11) is 0.595. The number of quaternary nitrogens is 1. The number of hydrogen-bond acceptors (Lipinski definition) is 3. The van der Waals surface area contributed by atoms with Crippen LogP contribution in [0.3, 0.4) is 0 Å². The van der Waals surface area contributed by atoms with E-state index in [0.717, 1.165) is 24.2 Å². The van der Waals surface area contributed by atoms with Crippen LogP contribution in [0.2, 0.25) is 0 Å². The Labute approximate surface area is 132 Å². The molecule has 0 saturated heterocycles. The van der Waals surface area contributed by atoms with Crippen LogP contribution in [0, 0.1) is 0 Å². The summed E-state index contributed by atoms with van der Waals surface area (Å²) in [5, 5.41) is 0. The zero-order chi connectivity index (χ0) is 16.3. The first-order valence-corrected chi connectivity index (χ1v) is 8.99. The number of amides is 1. The maximum absolute atomic E-state index is 12.3. The van der Waals surface area contributed by atoms with E-state index in [1.807, 2.05) is 14.1 Å². The summed E-state index contributed by atoms with van der Waals surface area (Å²) in [4.78, 5) is 14.8. The minimum atomic E-state index is -3.48. The second kappa shape index (κ2) is 6.76. The largest absolute Gasteiger partial charge is 0.340 e. The van der Waals surface area contributed by atoms with E-state index in [9.17, 15) is 13.2 Å². The molecular weight excluding hydrogens is 302 g/mol. The molecule has 1 aromatic rings. The number of carbonyl (C=O) groups excluding carboxylic acids is 1. The van der Waals surface area contributed by atoms with Crippen LogP contribution in [-0.4, -0.2) is 48.1 Å². The van der Waals surface area contributed by atoms with Crippen molar-refractivity contribution in [2.45, 2.75) is 24.7 Å². The van der Waals surface area contributed by atoms with Crippen molar-refractivity contribution in [1.82, 2.24) is 4.72 Å². The third-order valence-electron chi connectivity index (χ3n) is 3.78. The third kappa shape index (κ3) is 3.85. The van der Waals surface area contributed by atoms with Gasteiger partial charge in [-0.05, 0) is 30.2 Å². The molecule has 1 heterocycles. The van der Waals surface area contributed by atoms with Crippen molar-refractivity contribution in [3.05, 3.63) is 23.8 Å². The van der Waals surface area contributed by atoms with Crippen LogP contribution < -0.4 is 14.5 Å². The van der Waals surface area contributed by atoms with E-state index in [-0.39, 0.29) is 10.8 Å². The highest BCUT2D eigenvalue weighted by Crippen LogP contribution is 2.30. The van der Waals surface area contributed by atoms with Gasteiger partial charge in [0.15, 0.2) is 0 Å². The predicted octanol–water partition coefficient (Wildman–Crippen LogP) is -0.591. The summed E-state index contributed by atoms with van der Waals surface area (Å²) in [6.45, 7) is 3.49. The number of hydrogen-bond donors (Lipinski definition) is 2. The van der Waals surface area contributed by atoms with Gasteiger partial charge in [-0.25, -0.2) is 13.1 Å². The summed E-state index contributed by atoms with van der Waals surface area (Å²) in [6.07, 6.45) is 1.49. The molecule has 1 amide bonds. The highest BCUT2D eigenvalue weighted by atomic mass is 32.2. The molecule has 1 aliphatic rings. The van der Waals surface area contributed by atoms with Crippen molar-refractivity contribution in [3.63, 3.8) is 0 Å². The zero-order valence-electron chi connectivity index (χ0n) is 13.3. The standard InChI is InChI=1S/C15H23N3O3S/c1-12(19)18-10-7-13-11-14(5-6-15(13)18)22(20,21)16-8-4-9-17(2)3/h5-6,11,16H,4,7-10H2,1-3H3/p+1. The molecule has 0 radical (unpaired) electrons. The average molecular weight is 326 g/mol. The molecule has 0 bridgehead atoms. The quantitative estimate of drug-likeness (QED) is 0.687. The number of anilines is 1. The second-order valence-electron chi connectivity index (χ2n) is 5.92. The molecule has 7 heteroatoms. The Kier molecular flexibility index (Phi) is 5.20. The normalized spacial score (nSPS) is 14.5. The Balaban J connectivity index is 2.08. The van der Waals surface area contributed by atoms with E-state index in [2.05, 4.69) is 4.72 Å². The van der Waals surface area contributed by atoms with Crippen molar-refractivity contribution in [2.24, 2.45) is 0 Å². The first-order chi connectivity index (χ1) is 10.3. The lowest BCUT2D eigenvalue weighted by molar-refractivity contribution is -0.858.